The summed E-state index contributed by atoms with van der Waals surface area (Å²) in [6.07, 6.45) is 3.88. The molecule has 30 heavy (non-hydrogen) atoms. The van der Waals surface area contributed by atoms with E-state index in [9.17, 15) is 9.18 Å². The number of anilines is 2. The molecule has 1 aliphatic carbocycles. The van der Waals surface area contributed by atoms with Crippen LogP contribution in [0.5, 0.6) is 0 Å². The van der Waals surface area contributed by atoms with Gasteiger partial charge in [-0.05, 0) is 90.5 Å². The van der Waals surface area contributed by atoms with Crippen molar-refractivity contribution in [2.45, 2.75) is 72.3 Å². The van der Waals surface area contributed by atoms with E-state index in [0.717, 1.165) is 49.2 Å². The first-order chi connectivity index (χ1) is 14.1. The van der Waals surface area contributed by atoms with Gasteiger partial charge in [-0.25, -0.2) is 4.39 Å². The highest BCUT2D eigenvalue weighted by atomic mass is 19.1. The van der Waals surface area contributed by atoms with Crippen LogP contribution in [0.1, 0.15) is 68.7 Å². The number of fused-ring (bicyclic) bond motifs is 2. The van der Waals surface area contributed by atoms with Crippen LogP contribution in [0.4, 0.5) is 15.8 Å². The molecule has 1 saturated carbocycles. The maximum Gasteiger partial charge on any atom is 0.224 e. The molecule has 1 heterocycles. The zero-order chi connectivity index (χ0) is 21.7. The fourth-order valence-electron chi connectivity index (χ4n) is 4.82. The molecule has 160 valence electrons. The number of carbonyl (C=O) groups excluding carboxylic acids is 1. The number of carbonyl (C=O) groups is 1. The van der Waals surface area contributed by atoms with Gasteiger partial charge in [-0.1, -0.05) is 26.8 Å². The molecule has 1 fully saturated rings. The maximum absolute atomic E-state index is 13.9. The van der Waals surface area contributed by atoms with Crippen LogP contribution in [0.2, 0.25) is 0 Å². The standard InChI is InChI=1S/C26H33FN2O/c1-17-12-21(13-18(2)24(17)28-23(30)15-25(3,4)5)29-11-10-26(8-9-26)22-14-20(27)7-6-19(22)16-29/h6-7,12-14H,8-11,15-16H2,1-5H3,(H,28,30). The van der Waals surface area contributed by atoms with Crippen molar-refractivity contribution < 1.29 is 9.18 Å². The van der Waals surface area contributed by atoms with E-state index in [0.29, 0.717) is 6.42 Å². The quantitative estimate of drug-likeness (QED) is 0.650. The molecule has 2 aromatic rings. The minimum atomic E-state index is -0.129. The summed E-state index contributed by atoms with van der Waals surface area (Å²) in [5.74, 6) is -0.0710. The Hall–Kier alpha value is -2.36. The SMILES string of the molecule is Cc1cc(N2CCC3(CC3)c3cc(F)ccc3C2)cc(C)c1NC(=O)CC(C)(C)C. The number of rotatable bonds is 3. The lowest BCUT2D eigenvalue weighted by Crippen LogP contribution is -2.24. The lowest BCUT2D eigenvalue weighted by molar-refractivity contribution is -0.117. The Labute approximate surface area is 179 Å². The zero-order valence-electron chi connectivity index (χ0n) is 18.9. The van der Waals surface area contributed by atoms with Crippen LogP contribution in [0, 0.1) is 25.1 Å². The summed E-state index contributed by atoms with van der Waals surface area (Å²) in [4.78, 5) is 14.9. The monoisotopic (exact) mass is 408 g/mol. The molecule has 0 aromatic heterocycles. The fourth-order valence-corrected chi connectivity index (χ4v) is 4.82. The maximum atomic E-state index is 13.9. The molecule has 3 nitrogen and oxygen atoms in total. The molecule has 2 aromatic carbocycles. The number of amides is 1. The molecule has 1 spiro atoms. The van der Waals surface area contributed by atoms with Crippen LogP contribution in [0.25, 0.3) is 0 Å². The highest BCUT2D eigenvalue weighted by Crippen LogP contribution is 2.54. The molecule has 1 aliphatic heterocycles. The Bertz CT molecular complexity index is 962. The summed E-state index contributed by atoms with van der Waals surface area (Å²) in [5, 5.41) is 3.12. The summed E-state index contributed by atoms with van der Waals surface area (Å²) in [6, 6.07) is 9.66. The third kappa shape index (κ3) is 4.23. The van der Waals surface area contributed by atoms with Gasteiger partial charge in [0.25, 0.3) is 0 Å². The summed E-state index contributed by atoms with van der Waals surface area (Å²) in [5.41, 5.74) is 6.85. The molecule has 2 aliphatic rings. The molecule has 0 bridgehead atoms. The van der Waals surface area contributed by atoms with Gasteiger partial charge in [0.1, 0.15) is 5.82 Å². The number of nitrogens with one attached hydrogen (secondary N) is 1. The van der Waals surface area contributed by atoms with Gasteiger partial charge in [-0.15, -0.1) is 0 Å². The van der Waals surface area contributed by atoms with Gasteiger partial charge in [0.05, 0.1) is 0 Å². The average Bonchev–Trinajstić information content (AvgIpc) is 3.43. The largest absolute Gasteiger partial charge is 0.367 e. The number of benzene rings is 2. The van der Waals surface area contributed by atoms with Crippen molar-refractivity contribution in [3.8, 4) is 0 Å². The Morgan fingerprint density at radius 2 is 1.77 bits per heavy atom. The van der Waals surface area contributed by atoms with Crippen molar-refractivity contribution in [1.29, 1.82) is 0 Å². The smallest absolute Gasteiger partial charge is 0.224 e. The average molecular weight is 409 g/mol. The van der Waals surface area contributed by atoms with Crippen molar-refractivity contribution in [3.63, 3.8) is 0 Å². The van der Waals surface area contributed by atoms with Crippen LogP contribution in [-0.2, 0) is 16.8 Å². The van der Waals surface area contributed by atoms with Gasteiger partial charge in [0, 0.05) is 30.9 Å². The van der Waals surface area contributed by atoms with E-state index >= 15 is 0 Å². The van der Waals surface area contributed by atoms with E-state index in [-0.39, 0.29) is 22.6 Å². The number of aryl methyl sites for hydroxylation is 2. The van der Waals surface area contributed by atoms with Crippen LogP contribution in [0.15, 0.2) is 30.3 Å². The molecule has 0 unspecified atom stereocenters. The van der Waals surface area contributed by atoms with Crippen LogP contribution in [-0.4, -0.2) is 12.5 Å². The van der Waals surface area contributed by atoms with E-state index in [2.05, 4.69) is 57.0 Å². The molecule has 1 N–H and O–H groups in total. The third-order valence-electron chi connectivity index (χ3n) is 6.56. The molecule has 0 saturated heterocycles. The van der Waals surface area contributed by atoms with Gasteiger partial charge in [0.15, 0.2) is 0 Å². The van der Waals surface area contributed by atoms with Gasteiger partial charge in [-0.3, -0.25) is 4.79 Å². The second kappa shape index (κ2) is 7.40. The Balaban J connectivity index is 1.59. The summed E-state index contributed by atoms with van der Waals surface area (Å²) in [6.45, 7) is 12.1. The Morgan fingerprint density at radius 3 is 2.37 bits per heavy atom. The molecule has 4 heteroatoms. The highest BCUT2D eigenvalue weighted by molar-refractivity contribution is 5.93. The fraction of sp³-hybridized carbons (Fsp3) is 0.500. The van der Waals surface area contributed by atoms with E-state index in [4.69, 9.17) is 0 Å². The predicted molar refractivity (Wildman–Crippen MR) is 122 cm³/mol. The molecule has 0 radical (unpaired) electrons. The van der Waals surface area contributed by atoms with Crippen molar-refractivity contribution in [1.82, 2.24) is 0 Å². The summed E-state index contributed by atoms with van der Waals surface area (Å²) < 4.78 is 13.9. The van der Waals surface area contributed by atoms with Crippen LogP contribution >= 0.6 is 0 Å². The molecule has 4 rings (SSSR count). The van der Waals surface area contributed by atoms with Crippen molar-refractivity contribution in [2.75, 3.05) is 16.8 Å². The minimum absolute atomic E-state index is 0.0382. The van der Waals surface area contributed by atoms with E-state index in [1.165, 1.54) is 16.8 Å². The summed E-state index contributed by atoms with van der Waals surface area (Å²) >= 11 is 0. The lowest BCUT2D eigenvalue weighted by atomic mass is 9.90. The zero-order valence-corrected chi connectivity index (χ0v) is 18.9. The lowest BCUT2D eigenvalue weighted by Gasteiger charge is -2.26. The topological polar surface area (TPSA) is 32.3 Å². The molecule has 1 amide bonds. The van der Waals surface area contributed by atoms with E-state index in [1.807, 2.05) is 6.07 Å². The van der Waals surface area contributed by atoms with Crippen molar-refractivity contribution >= 4 is 17.3 Å². The molecular formula is C26H33FN2O. The van der Waals surface area contributed by atoms with Crippen LogP contribution in [0.3, 0.4) is 0 Å². The van der Waals surface area contributed by atoms with Crippen molar-refractivity contribution in [2.24, 2.45) is 5.41 Å². The number of hydrogen-bond acceptors (Lipinski definition) is 2. The highest BCUT2D eigenvalue weighted by Gasteiger charge is 2.46. The van der Waals surface area contributed by atoms with Gasteiger partial charge in [-0.2, -0.15) is 0 Å². The molecule has 0 atom stereocenters. The van der Waals surface area contributed by atoms with Gasteiger partial charge in [0.2, 0.25) is 5.91 Å². The second-order valence-electron chi connectivity index (χ2n) is 10.5. The first-order valence-electron chi connectivity index (χ1n) is 11.0. The Kier molecular flexibility index (Phi) is 5.16. The number of halogens is 1. The third-order valence-corrected chi connectivity index (χ3v) is 6.56. The predicted octanol–water partition coefficient (Wildman–Crippen LogP) is 6.26. The van der Waals surface area contributed by atoms with Gasteiger partial charge >= 0.3 is 0 Å². The van der Waals surface area contributed by atoms with Gasteiger partial charge < -0.3 is 10.2 Å². The second-order valence-corrected chi connectivity index (χ2v) is 10.5. The normalized spacial score (nSPS) is 17.5. The number of nitrogens with zero attached hydrogens (tertiary/aromatic N) is 1. The Morgan fingerprint density at radius 1 is 1.10 bits per heavy atom. The van der Waals surface area contributed by atoms with E-state index < -0.39 is 0 Å². The molecular weight excluding hydrogens is 375 g/mol. The van der Waals surface area contributed by atoms with Crippen LogP contribution < -0.4 is 10.2 Å². The van der Waals surface area contributed by atoms with Crippen molar-refractivity contribution in [3.05, 3.63) is 58.4 Å². The summed E-state index contributed by atoms with van der Waals surface area (Å²) in [7, 11) is 0. The first kappa shape index (κ1) is 20.9. The minimum Gasteiger partial charge on any atom is -0.367 e. The number of hydrogen-bond donors (Lipinski definition) is 1. The van der Waals surface area contributed by atoms with E-state index in [1.54, 1.807) is 12.1 Å². The first-order valence-corrected chi connectivity index (χ1v) is 11.0.